The molecule has 5 nitrogen and oxygen atoms in total. The zero-order valence-corrected chi connectivity index (χ0v) is 15.4. The average molecular weight is 394 g/mol. The van der Waals surface area contributed by atoms with E-state index in [-0.39, 0.29) is 16.5 Å². The minimum atomic E-state index is -1.06. The van der Waals surface area contributed by atoms with Crippen molar-refractivity contribution in [1.82, 2.24) is 4.90 Å². The smallest absolute Gasteiger partial charge is 0.340 e. The first-order valence-electron chi connectivity index (χ1n) is 8.14. The Kier molecular flexibility index (Phi) is 6.14. The highest BCUT2D eigenvalue weighted by Gasteiger charge is 2.31. The van der Waals surface area contributed by atoms with Crippen LogP contribution < -0.4 is 0 Å². The third-order valence-corrected chi connectivity index (χ3v) is 4.59. The van der Waals surface area contributed by atoms with Crippen molar-refractivity contribution < 1.29 is 19.1 Å². The first-order valence-corrected chi connectivity index (χ1v) is 8.89. The second-order valence-corrected chi connectivity index (χ2v) is 6.60. The molecule has 1 heterocycles. The summed E-state index contributed by atoms with van der Waals surface area (Å²) < 4.78 is 10.8. The van der Waals surface area contributed by atoms with Crippen LogP contribution in [0.15, 0.2) is 48.5 Å². The first-order chi connectivity index (χ1) is 12.6. The monoisotopic (exact) mass is 393 g/mol. The first kappa shape index (κ1) is 18.7. The molecule has 0 aromatic heterocycles. The van der Waals surface area contributed by atoms with Gasteiger partial charge in [-0.25, -0.2) is 4.79 Å². The number of esters is 1. The van der Waals surface area contributed by atoms with Crippen LogP contribution in [0.4, 0.5) is 0 Å². The van der Waals surface area contributed by atoms with Gasteiger partial charge in [-0.05, 0) is 18.2 Å². The van der Waals surface area contributed by atoms with Gasteiger partial charge in [0.25, 0.3) is 5.91 Å². The number of carbonyl (C=O) groups is 2. The summed E-state index contributed by atoms with van der Waals surface area (Å²) in [6, 6.07) is 13.4. The van der Waals surface area contributed by atoms with Gasteiger partial charge in [-0.15, -0.1) is 0 Å². The van der Waals surface area contributed by atoms with Gasteiger partial charge in [-0.3, -0.25) is 4.79 Å². The van der Waals surface area contributed by atoms with Crippen molar-refractivity contribution in [2.45, 2.75) is 6.10 Å². The third kappa shape index (κ3) is 4.36. The van der Waals surface area contributed by atoms with Crippen molar-refractivity contribution in [1.29, 1.82) is 0 Å². The number of nitrogens with zero attached hydrogens (tertiary/aromatic N) is 1. The molecule has 3 rings (SSSR count). The molecular formula is C19H17Cl2NO4. The second-order valence-electron chi connectivity index (χ2n) is 5.76. The van der Waals surface area contributed by atoms with E-state index in [1.54, 1.807) is 35.2 Å². The van der Waals surface area contributed by atoms with Crippen LogP contribution >= 0.6 is 23.2 Å². The summed E-state index contributed by atoms with van der Waals surface area (Å²) in [6.07, 6.45) is -1.06. The Morgan fingerprint density at radius 2 is 1.73 bits per heavy atom. The molecule has 1 aliphatic rings. The fraction of sp³-hybridized carbons (Fsp3) is 0.263. The largest absolute Gasteiger partial charge is 0.444 e. The van der Waals surface area contributed by atoms with Crippen molar-refractivity contribution in [3.8, 4) is 0 Å². The van der Waals surface area contributed by atoms with Crippen LogP contribution in [-0.2, 0) is 14.3 Å². The second kappa shape index (κ2) is 8.54. The van der Waals surface area contributed by atoms with Crippen LogP contribution in [0.2, 0.25) is 10.0 Å². The van der Waals surface area contributed by atoms with Gasteiger partial charge in [0.2, 0.25) is 6.10 Å². The molecule has 0 radical (unpaired) electrons. The zero-order chi connectivity index (χ0) is 18.5. The van der Waals surface area contributed by atoms with Gasteiger partial charge in [-0.2, -0.15) is 0 Å². The lowest BCUT2D eigenvalue weighted by Gasteiger charge is -2.30. The highest BCUT2D eigenvalue weighted by atomic mass is 35.5. The molecule has 1 fully saturated rings. The van der Waals surface area contributed by atoms with Crippen LogP contribution in [0.1, 0.15) is 22.0 Å². The van der Waals surface area contributed by atoms with E-state index in [1.165, 1.54) is 12.1 Å². The third-order valence-electron chi connectivity index (χ3n) is 4.02. The molecular weight excluding hydrogens is 377 g/mol. The van der Waals surface area contributed by atoms with Gasteiger partial charge < -0.3 is 14.4 Å². The van der Waals surface area contributed by atoms with E-state index in [0.29, 0.717) is 36.9 Å². The van der Waals surface area contributed by atoms with Gasteiger partial charge in [0.15, 0.2) is 0 Å². The summed E-state index contributed by atoms with van der Waals surface area (Å²) in [5.74, 6) is -0.987. The van der Waals surface area contributed by atoms with E-state index in [0.717, 1.165) is 0 Å². The fourth-order valence-electron chi connectivity index (χ4n) is 2.66. The highest BCUT2D eigenvalue weighted by Crippen LogP contribution is 2.26. The maximum absolute atomic E-state index is 13.0. The number of morpholine rings is 1. The molecule has 1 saturated heterocycles. The molecule has 7 heteroatoms. The van der Waals surface area contributed by atoms with Crippen molar-refractivity contribution in [2.24, 2.45) is 0 Å². The van der Waals surface area contributed by atoms with E-state index < -0.39 is 12.1 Å². The van der Waals surface area contributed by atoms with Crippen LogP contribution in [0.25, 0.3) is 0 Å². The van der Waals surface area contributed by atoms with Crippen molar-refractivity contribution >= 4 is 35.1 Å². The maximum atomic E-state index is 13.0. The molecule has 0 saturated carbocycles. The van der Waals surface area contributed by atoms with E-state index in [4.69, 9.17) is 32.7 Å². The number of amides is 1. The lowest BCUT2D eigenvalue weighted by Crippen LogP contribution is -2.44. The molecule has 0 N–H and O–H groups in total. The Labute approximate surface area is 161 Å². The van der Waals surface area contributed by atoms with Crippen molar-refractivity contribution in [3.63, 3.8) is 0 Å². The van der Waals surface area contributed by atoms with Crippen LogP contribution in [0.3, 0.4) is 0 Å². The normalized spacial score (nSPS) is 15.4. The van der Waals surface area contributed by atoms with Gasteiger partial charge in [0, 0.05) is 23.7 Å². The summed E-state index contributed by atoms with van der Waals surface area (Å²) in [5.41, 5.74) is 0.713. The summed E-state index contributed by atoms with van der Waals surface area (Å²) in [6.45, 7) is 1.83. The van der Waals surface area contributed by atoms with E-state index in [9.17, 15) is 9.59 Å². The van der Waals surface area contributed by atoms with E-state index in [2.05, 4.69) is 0 Å². The molecule has 26 heavy (non-hydrogen) atoms. The van der Waals surface area contributed by atoms with Crippen molar-refractivity contribution in [2.75, 3.05) is 26.3 Å². The SMILES string of the molecule is O=C(OC(C(=O)N1CCOCC1)c1ccccc1)c1cc(Cl)ccc1Cl. The number of hydrogen-bond donors (Lipinski definition) is 0. The number of rotatable bonds is 4. The lowest BCUT2D eigenvalue weighted by molar-refractivity contribution is -0.145. The topological polar surface area (TPSA) is 55.8 Å². The molecule has 1 unspecified atom stereocenters. The minimum Gasteiger partial charge on any atom is -0.444 e. The Hall–Kier alpha value is -2.08. The molecule has 0 aliphatic carbocycles. The van der Waals surface area contributed by atoms with Crippen LogP contribution in [-0.4, -0.2) is 43.1 Å². The highest BCUT2D eigenvalue weighted by molar-refractivity contribution is 6.35. The molecule has 1 atom stereocenters. The molecule has 2 aromatic rings. The predicted octanol–water partition coefficient (Wildman–Crippen LogP) is 3.75. The number of ether oxygens (including phenoxy) is 2. The summed E-state index contributed by atoms with van der Waals surface area (Å²) in [5, 5.41) is 0.571. The van der Waals surface area contributed by atoms with Gasteiger partial charge in [-0.1, -0.05) is 53.5 Å². The minimum absolute atomic E-state index is 0.120. The predicted molar refractivity (Wildman–Crippen MR) is 98.5 cm³/mol. The Bertz CT molecular complexity index is 791. The van der Waals surface area contributed by atoms with E-state index >= 15 is 0 Å². The zero-order valence-electron chi connectivity index (χ0n) is 13.9. The van der Waals surface area contributed by atoms with Gasteiger partial charge in [0.05, 0.1) is 23.8 Å². The molecule has 0 bridgehead atoms. The number of hydrogen-bond acceptors (Lipinski definition) is 4. The molecule has 136 valence electrons. The van der Waals surface area contributed by atoms with E-state index in [1.807, 2.05) is 6.07 Å². The van der Waals surface area contributed by atoms with Crippen molar-refractivity contribution in [3.05, 3.63) is 69.7 Å². The average Bonchev–Trinajstić information content (AvgIpc) is 2.68. The molecule has 2 aromatic carbocycles. The number of carbonyl (C=O) groups excluding carboxylic acids is 2. The molecule has 1 aliphatic heterocycles. The lowest BCUT2D eigenvalue weighted by atomic mass is 10.1. The maximum Gasteiger partial charge on any atom is 0.340 e. The molecule has 0 spiro atoms. The Morgan fingerprint density at radius 1 is 1.04 bits per heavy atom. The quantitative estimate of drug-likeness (QED) is 0.742. The summed E-state index contributed by atoms with van der Waals surface area (Å²) >= 11 is 12.0. The van der Waals surface area contributed by atoms with Crippen LogP contribution in [0.5, 0.6) is 0 Å². The Morgan fingerprint density at radius 3 is 2.42 bits per heavy atom. The Balaban J connectivity index is 1.87. The number of benzene rings is 2. The number of halogens is 2. The van der Waals surface area contributed by atoms with Gasteiger partial charge >= 0.3 is 5.97 Å². The molecule has 1 amide bonds. The fourth-order valence-corrected chi connectivity index (χ4v) is 3.03. The van der Waals surface area contributed by atoms with Crippen LogP contribution in [0, 0.1) is 0 Å². The van der Waals surface area contributed by atoms with Gasteiger partial charge in [0.1, 0.15) is 0 Å². The standard InChI is InChI=1S/C19H17Cl2NO4/c20-14-6-7-16(21)15(12-14)19(24)26-17(13-4-2-1-3-5-13)18(23)22-8-10-25-11-9-22/h1-7,12,17H,8-11H2. The summed E-state index contributed by atoms with van der Waals surface area (Å²) in [4.78, 5) is 27.2. The summed E-state index contributed by atoms with van der Waals surface area (Å²) in [7, 11) is 0.